The summed E-state index contributed by atoms with van der Waals surface area (Å²) < 4.78 is 6.07. The Balaban J connectivity index is 1.70. The van der Waals surface area contributed by atoms with Gasteiger partial charge in [0.15, 0.2) is 0 Å². The number of benzene rings is 1. The van der Waals surface area contributed by atoms with Crippen molar-refractivity contribution in [1.82, 2.24) is 0 Å². The SMILES string of the molecule is c1cc2c(cc1OC1CCSCC1)NCCC2. The number of ether oxygens (including phenoxy) is 1. The first-order valence-electron chi connectivity index (χ1n) is 6.53. The molecule has 1 fully saturated rings. The summed E-state index contributed by atoms with van der Waals surface area (Å²) in [5.74, 6) is 3.52. The lowest BCUT2D eigenvalue weighted by molar-refractivity contribution is 0.192. The molecule has 3 rings (SSSR count). The van der Waals surface area contributed by atoms with Gasteiger partial charge in [0.2, 0.25) is 0 Å². The zero-order chi connectivity index (χ0) is 11.5. The smallest absolute Gasteiger partial charge is 0.121 e. The first-order valence-corrected chi connectivity index (χ1v) is 7.68. The molecule has 0 unspecified atom stereocenters. The van der Waals surface area contributed by atoms with E-state index in [1.807, 2.05) is 11.8 Å². The third-order valence-electron chi connectivity index (χ3n) is 3.49. The monoisotopic (exact) mass is 249 g/mol. The van der Waals surface area contributed by atoms with Gasteiger partial charge in [0.25, 0.3) is 0 Å². The molecule has 1 aromatic rings. The predicted molar refractivity (Wildman–Crippen MR) is 74.2 cm³/mol. The van der Waals surface area contributed by atoms with Gasteiger partial charge in [-0.2, -0.15) is 11.8 Å². The number of hydrogen-bond acceptors (Lipinski definition) is 3. The molecular formula is C14H19NOS. The van der Waals surface area contributed by atoms with Crippen LogP contribution in [0.15, 0.2) is 18.2 Å². The van der Waals surface area contributed by atoms with Gasteiger partial charge in [-0.3, -0.25) is 0 Å². The van der Waals surface area contributed by atoms with Crippen LogP contribution in [0, 0.1) is 0 Å². The second-order valence-corrected chi connectivity index (χ2v) is 6.00. The van der Waals surface area contributed by atoms with Crippen LogP contribution in [0.25, 0.3) is 0 Å². The Bertz CT molecular complexity index is 388. The Labute approximate surface area is 107 Å². The van der Waals surface area contributed by atoms with Crippen molar-refractivity contribution in [1.29, 1.82) is 0 Å². The van der Waals surface area contributed by atoms with E-state index in [1.165, 1.54) is 48.4 Å². The molecule has 0 radical (unpaired) electrons. The Morgan fingerprint density at radius 1 is 1.24 bits per heavy atom. The molecule has 1 aromatic carbocycles. The van der Waals surface area contributed by atoms with Gasteiger partial charge in [-0.05, 0) is 48.8 Å². The lowest BCUT2D eigenvalue weighted by Crippen LogP contribution is -2.22. The van der Waals surface area contributed by atoms with Crippen LogP contribution in [-0.4, -0.2) is 24.2 Å². The summed E-state index contributed by atoms with van der Waals surface area (Å²) >= 11 is 2.04. The minimum atomic E-state index is 0.429. The van der Waals surface area contributed by atoms with E-state index in [4.69, 9.17) is 4.74 Å². The lowest BCUT2D eigenvalue weighted by atomic mass is 10.0. The largest absolute Gasteiger partial charge is 0.490 e. The molecule has 0 atom stereocenters. The van der Waals surface area contributed by atoms with Crippen LogP contribution < -0.4 is 10.1 Å². The van der Waals surface area contributed by atoms with Crippen molar-refractivity contribution in [3.63, 3.8) is 0 Å². The van der Waals surface area contributed by atoms with Crippen LogP contribution in [-0.2, 0) is 6.42 Å². The Morgan fingerprint density at radius 3 is 3.00 bits per heavy atom. The summed E-state index contributed by atoms with van der Waals surface area (Å²) in [6, 6.07) is 6.53. The fourth-order valence-corrected chi connectivity index (χ4v) is 3.56. The van der Waals surface area contributed by atoms with Crippen LogP contribution in [0.1, 0.15) is 24.8 Å². The zero-order valence-electron chi connectivity index (χ0n) is 10.1. The average Bonchev–Trinajstić information content (AvgIpc) is 2.40. The first-order chi connectivity index (χ1) is 8.42. The quantitative estimate of drug-likeness (QED) is 0.869. The lowest BCUT2D eigenvalue weighted by Gasteiger charge is -2.24. The van der Waals surface area contributed by atoms with E-state index in [-0.39, 0.29) is 0 Å². The number of aryl methyl sites for hydroxylation is 1. The van der Waals surface area contributed by atoms with E-state index in [0.29, 0.717) is 6.10 Å². The van der Waals surface area contributed by atoms with E-state index in [0.717, 1.165) is 12.3 Å². The maximum atomic E-state index is 6.07. The number of nitrogens with one attached hydrogen (secondary N) is 1. The van der Waals surface area contributed by atoms with Crippen LogP contribution in [0.4, 0.5) is 5.69 Å². The number of hydrogen-bond donors (Lipinski definition) is 1. The fraction of sp³-hybridized carbons (Fsp3) is 0.571. The Hall–Kier alpha value is -0.830. The molecule has 1 saturated heterocycles. The number of thioether (sulfide) groups is 1. The van der Waals surface area contributed by atoms with E-state index in [9.17, 15) is 0 Å². The molecular weight excluding hydrogens is 230 g/mol. The summed E-state index contributed by atoms with van der Waals surface area (Å²) in [6.45, 7) is 1.09. The highest BCUT2D eigenvalue weighted by Crippen LogP contribution is 2.29. The third kappa shape index (κ3) is 2.71. The second-order valence-electron chi connectivity index (χ2n) is 4.78. The highest BCUT2D eigenvalue weighted by molar-refractivity contribution is 7.99. The predicted octanol–water partition coefficient (Wildman–Crippen LogP) is 3.32. The normalized spacial score (nSPS) is 20.5. The minimum absolute atomic E-state index is 0.429. The van der Waals surface area contributed by atoms with Gasteiger partial charge < -0.3 is 10.1 Å². The van der Waals surface area contributed by atoms with Gasteiger partial charge in [-0.1, -0.05) is 6.07 Å². The molecule has 0 saturated carbocycles. The van der Waals surface area contributed by atoms with Crippen molar-refractivity contribution in [2.75, 3.05) is 23.4 Å². The molecule has 2 aliphatic heterocycles. The van der Waals surface area contributed by atoms with Gasteiger partial charge in [-0.25, -0.2) is 0 Å². The van der Waals surface area contributed by atoms with Gasteiger partial charge in [0.05, 0.1) is 0 Å². The van der Waals surface area contributed by atoms with Crippen LogP contribution in [0.2, 0.25) is 0 Å². The van der Waals surface area contributed by atoms with Gasteiger partial charge >= 0.3 is 0 Å². The molecule has 0 bridgehead atoms. The maximum Gasteiger partial charge on any atom is 0.121 e. The summed E-state index contributed by atoms with van der Waals surface area (Å²) in [7, 11) is 0. The van der Waals surface area contributed by atoms with E-state index in [1.54, 1.807) is 0 Å². The molecule has 2 nitrogen and oxygen atoms in total. The van der Waals surface area contributed by atoms with Crippen LogP contribution in [0.3, 0.4) is 0 Å². The molecule has 2 aliphatic rings. The molecule has 92 valence electrons. The molecule has 0 aromatic heterocycles. The number of fused-ring (bicyclic) bond motifs is 1. The van der Waals surface area contributed by atoms with Crippen molar-refractivity contribution in [2.24, 2.45) is 0 Å². The van der Waals surface area contributed by atoms with Crippen molar-refractivity contribution in [3.8, 4) is 5.75 Å². The van der Waals surface area contributed by atoms with Crippen molar-refractivity contribution in [2.45, 2.75) is 31.8 Å². The summed E-state index contributed by atoms with van der Waals surface area (Å²) in [5.41, 5.74) is 2.71. The second kappa shape index (κ2) is 5.21. The summed E-state index contributed by atoms with van der Waals surface area (Å²) in [6.07, 6.45) is 5.25. The van der Waals surface area contributed by atoms with Crippen molar-refractivity contribution in [3.05, 3.63) is 23.8 Å². The molecule has 0 amide bonds. The molecule has 1 N–H and O–H groups in total. The van der Waals surface area contributed by atoms with E-state index >= 15 is 0 Å². The van der Waals surface area contributed by atoms with Gasteiger partial charge in [-0.15, -0.1) is 0 Å². The van der Waals surface area contributed by atoms with Crippen molar-refractivity contribution >= 4 is 17.4 Å². The van der Waals surface area contributed by atoms with E-state index < -0.39 is 0 Å². The van der Waals surface area contributed by atoms with E-state index in [2.05, 4.69) is 23.5 Å². The third-order valence-corrected chi connectivity index (χ3v) is 4.54. The number of rotatable bonds is 2. The molecule has 17 heavy (non-hydrogen) atoms. The Morgan fingerprint density at radius 2 is 2.12 bits per heavy atom. The average molecular weight is 249 g/mol. The van der Waals surface area contributed by atoms with Gasteiger partial charge in [0.1, 0.15) is 11.9 Å². The summed E-state index contributed by atoms with van der Waals surface area (Å²) in [5, 5.41) is 3.46. The highest BCUT2D eigenvalue weighted by atomic mass is 32.2. The molecule has 0 spiro atoms. The Kier molecular flexibility index (Phi) is 3.46. The maximum absolute atomic E-state index is 6.07. The number of anilines is 1. The van der Waals surface area contributed by atoms with Crippen LogP contribution in [0.5, 0.6) is 5.75 Å². The van der Waals surface area contributed by atoms with Crippen molar-refractivity contribution < 1.29 is 4.74 Å². The van der Waals surface area contributed by atoms with Gasteiger partial charge in [0, 0.05) is 18.3 Å². The highest BCUT2D eigenvalue weighted by Gasteiger charge is 2.16. The topological polar surface area (TPSA) is 21.3 Å². The van der Waals surface area contributed by atoms with Crippen LogP contribution >= 0.6 is 11.8 Å². The molecule has 3 heteroatoms. The fourth-order valence-electron chi connectivity index (χ4n) is 2.50. The first kappa shape index (κ1) is 11.3. The molecule has 2 heterocycles. The minimum Gasteiger partial charge on any atom is -0.490 e. The standard InChI is InChI=1S/C14H19NOS/c1-2-11-3-4-13(10-14(11)15-7-1)16-12-5-8-17-9-6-12/h3-4,10,12,15H,1-2,5-9H2. The zero-order valence-corrected chi connectivity index (χ0v) is 10.9. The summed E-state index contributed by atoms with van der Waals surface area (Å²) in [4.78, 5) is 0. The molecule has 0 aliphatic carbocycles.